The molecule has 1 atom stereocenters. The van der Waals surface area contributed by atoms with Crippen LogP contribution in [0.4, 0.5) is 17.1 Å². The van der Waals surface area contributed by atoms with Gasteiger partial charge in [-0.2, -0.15) is 0 Å². The van der Waals surface area contributed by atoms with Crippen molar-refractivity contribution in [2.24, 2.45) is 0 Å². The number of halogens is 4. The molecule has 0 aromatic heterocycles. The molecule has 4 rings (SSSR count). The van der Waals surface area contributed by atoms with E-state index in [1.165, 1.54) is 12.1 Å². The van der Waals surface area contributed by atoms with E-state index in [1.807, 2.05) is 0 Å². The van der Waals surface area contributed by atoms with E-state index < -0.39 is 44.1 Å². The lowest BCUT2D eigenvalue weighted by atomic mass is 10.1. The highest BCUT2D eigenvalue weighted by molar-refractivity contribution is 8.00. The van der Waals surface area contributed by atoms with Gasteiger partial charge in [-0.15, -0.1) is 11.8 Å². The van der Waals surface area contributed by atoms with Gasteiger partial charge in [-0.05, 0) is 36.2 Å². The van der Waals surface area contributed by atoms with Crippen LogP contribution in [0, 0.1) is 17.0 Å². The number of hydrogen-bond donors (Lipinski definition) is 3. The van der Waals surface area contributed by atoms with Crippen LogP contribution in [-0.4, -0.2) is 27.8 Å². The van der Waals surface area contributed by atoms with Gasteiger partial charge in [0.15, 0.2) is 0 Å². The maximum Gasteiger partial charge on any atom is 0.338 e. The van der Waals surface area contributed by atoms with Gasteiger partial charge in [0.2, 0.25) is 5.91 Å². The van der Waals surface area contributed by atoms with Crippen molar-refractivity contribution >= 4 is 93.0 Å². The van der Waals surface area contributed by atoms with Crippen LogP contribution < -0.4 is 10.6 Å². The Kier molecular flexibility index (Phi) is 10.2. The molecule has 14 heteroatoms. The number of carboxylic acid groups (broad SMARTS) is 1. The quantitative estimate of drug-likeness (QED) is 0.0528. The maximum absolute atomic E-state index is 13.6. The van der Waals surface area contributed by atoms with Crippen molar-refractivity contribution in [3.63, 3.8) is 0 Å². The smallest absolute Gasteiger partial charge is 0.338 e. The number of nitro benzene ring substituents is 1. The van der Waals surface area contributed by atoms with Gasteiger partial charge in [-0.3, -0.25) is 19.7 Å². The normalized spacial score (nSPS) is 11.5. The number of carbonyl (C=O) groups is 3. The lowest BCUT2D eigenvalue weighted by Gasteiger charge is -2.18. The second-order valence-electron chi connectivity index (χ2n) is 8.95. The number of carbonyl (C=O) groups excluding carboxylic acids is 2. The Labute approximate surface area is 269 Å². The molecule has 0 bridgehead atoms. The first-order valence-electron chi connectivity index (χ1n) is 12.2. The third-order valence-electron chi connectivity index (χ3n) is 6.08. The SMILES string of the molecule is Cc1ccc([N+](=O)[O-])cc1NC(=O)C(Sc1cccc(NC(=O)c2c(Cl)c(Cl)c(Cl)c(Cl)c2C(=O)O)c1)c1ccccc1. The van der Waals surface area contributed by atoms with Crippen molar-refractivity contribution in [2.45, 2.75) is 17.1 Å². The molecule has 0 aliphatic carbocycles. The van der Waals surface area contributed by atoms with Gasteiger partial charge in [0.05, 0.1) is 41.8 Å². The largest absolute Gasteiger partial charge is 0.478 e. The van der Waals surface area contributed by atoms with Gasteiger partial charge in [0, 0.05) is 22.7 Å². The standard InChI is InChI=1S/C29H19Cl4N3O6S/c1-14-10-11-17(36(41)42)13-19(14)35-28(38)26(15-6-3-2-4-7-15)43-18-9-5-8-16(12-18)34-27(37)20-21(29(39)40)23(31)25(33)24(32)22(20)30/h2-13,26H,1H3,(H,34,37)(H,35,38)(H,39,40). The summed E-state index contributed by atoms with van der Waals surface area (Å²) in [6, 6.07) is 19.6. The third-order valence-corrected chi connectivity index (χ3v) is 9.13. The van der Waals surface area contributed by atoms with Crippen LogP contribution in [-0.2, 0) is 4.79 Å². The molecular weight excluding hydrogens is 660 g/mol. The first-order valence-corrected chi connectivity index (χ1v) is 14.6. The zero-order chi connectivity index (χ0) is 31.4. The molecule has 0 aliphatic rings. The van der Waals surface area contributed by atoms with Crippen LogP contribution in [0.25, 0.3) is 0 Å². The van der Waals surface area contributed by atoms with E-state index in [2.05, 4.69) is 10.6 Å². The molecule has 4 aromatic carbocycles. The minimum atomic E-state index is -1.53. The number of nitrogens with zero attached hydrogens (tertiary/aromatic N) is 1. The predicted molar refractivity (Wildman–Crippen MR) is 169 cm³/mol. The first kappa shape index (κ1) is 32.1. The van der Waals surface area contributed by atoms with Crippen molar-refractivity contribution in [3.8, 4) is 0 Å². The molecule has 1 unspecified atom stereocenters. The first-order chi connectivity index (χ1) is 20.4. The molecule has 4 aromatic rings. The number of benzene rings is 4. The van der Waals surface area contributed by atoms with E-state index in [9.17, 15) is 29.6 Å². The average Bonchev–Trinajstić information content (AvgIpc) is 2.97. The summed E-state index contributed by atoms with van der Waals surface area (Å²) in [4.78, 5) is 49.9. The van der Waals surface area contributed by atoms with Crippen molar-refractivity contribution in [2.75, 3.05) is 10.6 Å². The lowest BCUT2D eigenvalue weighted by Crippen LogP contribution is -2.20. The molecule has 0 aliphatic heterocycles. The topological polar surface area (TPSA) is 139 Å². The zero-order valence-corrected chi connectivity index (χ0v) is 25.7. The number of aryl methyl sites for hydroxylation is 1. The van der Waals surface area contributed by atoms with E-state index in [0.717, 1.165) is 11.8 Å². The maximum atomic E-state index is 13.6. The number of amides is 2. The Morgan fingerprint density at radius 2 is 1.49 bits per heavy atom. The van der Waals surface area contributed by atoms with Crippen LogP contribution in [0.3, 0.4) is 0 Å². The van der Waals surface area contributed by atoms with Gasteiger partial charge >= 0.3 is 5.97 Å². The molecule has 43 heavy (non-hydrogen) atoms. The highest BCUT2D eigenvalue weighted by atomic mass is 35.5. The molecule has 220 valence electrons. The molecule has 9 nitrogen and oxygen atoms in total. The summed E-state index contributed by atoms with van der Waals surface area (Å²) in [5, 5.41) is 24.1. The number of hydrogen-bond acceptors (Lipinski definition) is 6. The van der Waals surface area contributed by atoms with Crippen LogP contribution in [0.15, 0.2) is 77.7 Å². The minimum absolute atomic E-state index is 0.164. The summed E-state index contributed by atoms with van der Waals surface area (Å²) >= 11 is 25.5. The zero-order valence-electron chi connectivity index (χ0n) is 21.9. The predicted octanol–water partition coefficient (Wildman–Crippen LogP) is 8.94. The molecular formula is C29H19Cl4N3O6S. The van der Waals surface area contributed by atoms with E-state index in [0.29, 0.717) is 21.7 Å². The molecule has 0 heterocycles. The molecule has 0 fully saturated rings. The van der Waals surface area contributed by atoms with Crippen LogP contribution in [0.5, 0.6) is 0 Å². The van der Waals surface area contributed by atoms with E-state index in [4.69, 9.17) is 46.4 Å². The van der Waals surface area contributed by atoms with Crippen molar-refractivity contribution in [3.05, 3.63) is 125 Å². The van der Waals surface area contributed by atoms with Crippen molar-refractivity contribution in [1.82, 2.24) is 0 Å². The number of rotatable bonds is 9. The minimum Gasteiger partial charge on any atom is -0.478 e. The summed E-state index contributed by atoms with van der Waals surface area (Å²) in [6.07, 6.45) is 0. The van der Waals surface area contributed by atoms with Crippen LogP contribution in [0.1, 0.15) is 37.1 Å². The monoisotopic (exact) mass is 677 g/mol. The third kappa shape index (κ3) is 7.23. The van der Waals surface area contributed by atoms with Gasteiger partial charge in [-0.25, -0.2) is 4.79 Å². The summed E-state index contributed by atoms with van der Waals surface area (Å²) < 4.78 is 0. The van der Waals surface area contributed by atoms with Gasteiger partial charge in [-0.1, -0.05) is 88.9 Å². The Morgan fingerprint density at radius 3 is 2.12 bits per heavy atom. The molecule has 3 N–H and O–H groups in total. The Bertz CT molecular complexity index is 1770. The van der Waals surface area contributed by atoms with Gasteiger partial charge in [0.1, 0.15) is 5.25 Å². The number of anilines is 2. The van der Waals surface area contributed by atoms with E-state index in [1.54, 1.807) is 67.6 Å². The summed E-state index contributed by atoms with van der Waals surface area (Å²) in [5.74, 6) is -2.86. The van der Waals surface area contributed by atoms with Crippen LogP contribution >= 0.6 is 58.2 Å². The number of thioether (sulfide) groups is 1. The second-order valence-corrected chi connectivity index (χ2v) is 11.6. The molecule has 0 saturated carbocycles. The van der Waals surface area contributed by atoms with Crippen LogP contribution in [0.2, 0.25) is 20.1 Å². The van der Waals surface area contributed by atoms with Gasteiger partial charge < -0.3 is 15.7 Å². The van der Waals surface area contributed by atoms with Gasteiger partial charge in [0.25, 0.3) is 11.6 Å². The average molecular weight is 679 g/mol. The molecule has 0 radical (unpaired) electrons. The summed E-state index contributed by atoms with van der Waals surface area (Å²) in [6.45, 7) is 1.72. The number of non-ortho nitro benzene ring substituents is 1. The number of aromatic carboxylic acids is 1. The summed E-state index contributed by atoms with van der Waals surface area (Å²) in [5.41, 5.74) is 0.608. The van der Waals surface area contributed by atoms with E-state index >= 15 is 0 Å². The molecule has 0 saturated heterocycles. The Hall–Kier alpha value is -3.80. The fourth-order valence-electron chi connectivity index (χ4n) is 3.98. The number of nitrogens with one attached hydrogen (secondary N) is 2. The molecule has 2 amide bonds. The molecule has 0 spiro atoms. The Balaban J connectivity index is 1.64. The number of nitro groups is 1. The lowest BCUT2D eigenvalue weighted by molar-refractivity contribution is -0.384. The Morgan fingerprint density at radius 1 is 0.837 bits per heavy atom. The summed E-state index contributed by atoms with van der Waals surface area (Å²) in [7, 11) is 0. The fourth-order valence-corrected chi connectivity index (χ4v) is 6.08. The highest BCUT2D eigenvalue weighted by Crippen LogP contribution is 2.42. The fraction of sp³-hybridized carbons (Fsp3) is 0.0690. The highest BCUT2D eigenvalue weighted by Gasteiger charge is 2.29. The van der Waals surface area contributed by atoms with Crippen molar-refractivity contribution < 1.29 is 24.4 Å². The second kappa shape index (κ2) is 13.7. The van der Waals surface area contributed by atoms with Crippen molar-refractivity contribution in [1.29, 1.82) is 0 Å². The number of carboxylic acids is 1. The van der Waals surface area contributed by atoms with E-state index in [-0.39, 0.29) is 26.4 Å².